The number of benzene rings is 2. The summed E-state index contributed by atoms with van der Waals surface area (Å²) in [5, 5.41) is 10.5. The normalized spacial score (nSPS) is 18.2. The monoisotopic (exact) mass is 457 g/mol. The molecule has 0 bridgehead atoms. The van der Waals surface area contributed by atoms with Crippen LogP contribution in [0.4, 0.5) is 13.2 Å². The fourth-order valence-electron chi connectivity index (χ4n) is 2.78. The van der Waals surface area contributed by atoms with Gasteiger partial charge >= 0.3 is 12.1 Å². The molecule has 0 aliphatic carbocycles. The van der Waals surface area contributed by atoms with E-state index in [1.54, 1.807) is 7.11 Å². The van der Waals surface area contributed by atoms with Crippen molar-refractivity contribution in [3.63, 3.8) is 0 Å². The highest BCUT2D eigenvalue weighted by atomic mass is 19.4. The number of hydrogen-bond acceptors (Lipinski definition) is 6. The van der Waals surface area contributed by atoms with Crippen molar-refractivity contribution in [3.05, 3.63) is 54.6 Å². The Kier molecular flexibility index (Phi) is 10.3. The number of ether oxygens (including phenoxy) is 4. The highest BCUT2D eigenvalue weighted by molar-refractivity contribution is 5.73. The molecule has 0 aromatic heterocycles. The Hall–Kier alpha value is -2.82. The van der Waals surface area contributed by atoms with Crippen LogP contribution in [0.2, 0.25) is 0 Å². The first kappa shape index (κ1) is 25.4. The molecule has 2 atom stereocenters. The number of aliphatic carboxylic acids is 1. The Labute approximate surface area is 184 Å². The van der Waals surface area contributed by atoms with Crippen molar-refractivity contribution < 1.29 is 42.0 Å². The van der Waals surface area contributed by atoms with E-state index in [0.717, 1.165) is 36.8 Å². The molecule has 1 aliphatic heterocycles. The van der Waals surface area contributed by atoms with Gasteiger partial charge in [0.05, 0.1) is 13.2 Å². The van der Waals surface area contributed by atoms with Gasteiger partial charge in [-0.15, -0.1) is 0 Å². The maximum Gasteiger partial charge on any atom is 0.490 e. The summed E-state index contributed by atoms with van der Waals surface area (Å²) >= 11 is 0. The quantitative estimate of drug-likeness (QED) is 0.582. The third kappa shape index (κ3) is 9.13. The van der Waals surface area contributed by atoms with E-state index >= 15 is 0 Å². The molecule has 10 heteroatoms. The summed E-state index contributed by atoms with van der Waals surface area (Å²) in [6.45, 7) is 2.90. The number of para-hydroxylation sites is 1. The summed E-state index contributed by atoms with van der Waals surface area (Å²) in [5.41, 5.74) is 0. The van der Waals surface area contributed by atoms with E-state index in [1.807, 2.05) is 54.6 Å². The largest absolute Gasteiger partial charge is 0.490 e. The molecule has 176 valence electrons. The van der Waals surface area contributed by atoms with Crippen molar-refractivity contribution in [3.8, 4) is 17.2 Å². The predicted octanol–water partition coefficient (Wildman–Crippen LogP) is 3.88. The first-order valence-electron chi connectivity index (χ1n) is 9.90. The number of methoxy groups -OCH3 is 1. The highest BCUT2D eigenvalue weighted by Gasteiger charge is 2.38. The lowest BCUT2D eigenvalue weighted by Gasteiger charge is -2.32. The molecule has 32 heavy (non-hydrogen) atoms. The molecule has 2 N–H and O–H groups in total. The number of carboxylic acid groups (broad SMARTS) is 1. The van der Waals surface area contributed by atoms with Gasteiger partial charge in [0.15, 0.2) is 0 Å². The van der Waals surface area contributed by atoms with E-state index in [1.165, 1.54) is 0 Å². The van der Waals surface area contributed by atoms with Gasteiger partial charge in [0.25, 0.3) is 0 Å². The summed E-state index contributed by atoms with van der Waals surface area (Å²) in [6, 6.07) is 17.4. The number of carboxylic acids is 1. The van der Waals surface area contributed by atoms with Crippen LogP contribution in [0.3, 0.4) is 0 Å². The van der Waals surface area contributed by atoms with Crippen molar-refractivity contribution in [1.82, 2.24) is 5.32 Å². The molecule has 0 saturated carbocycles. The molecule has 1 aliphatic rings. The van der Waals surface area contributed by atoms with E-state index in [2.05, 4.69) is 5.32 Å². The Balaban J connectivity index is 0.000000451. The summed E-state index contributed by atoms with van der Waals surface area (Å²) < 4.78 is 54.6. The summed E-state index contributed by atoms with van der Waals surface area (Å²) in [4.78, 5) is 8.90. The van der Waals surface area contributed by atoms with Gasteiger partial charge in [-0.2, -0.15) is 13.2 Å². The van der Waals surface area contributed by atoms with Crippen molar-refractivity contribution in [2.45, 2.75) is 24.8 Å². The number of alkyl halides is 3. The Bertz CT molecular complexity index is 802. The zero-order valence-corrected chi connectivity index (χ0v) is 17.5. The van der Waals surface area contributed by atoms with Gasteiger partial charge in [-0.05, 0) is 49.4 Å². The SMILES string of the molecule is COCCO[C@@H]1CNCC[C@H]1Oc1ccc(Oc2ccccc2)cc1.O=C(O)C(F)(F)F. The summed E-state index contributed by atoms with van der Waals surface area (Å²) in [6.07, 6.45) is -4.09. The van der Waals surface area contributed by atoms with Crippen LogP contribution in [-0.2, 0) is 14.3 Å². The van der Waals surface area contributed by atoms with Gasteiger partial charge < -0.3 is 29.4 Å². The topological polar surface area (TPSA) is 86.3 Å². The van der Waals surface area contributed by atoms with Crippen LogP contribution in [0, 0.1) is 0 Å². The van der Waals surface area contributed by atoms with E-state index in [0.29, 0.717) is 13.2 Å². The third-order valence-corrected chi connectivity index (χ3v) is 4.32. The van der Waals surface area contributed by atoms with Crippen molar-refractivity contribution in [1.29, 1.82) is 0 Å². The number of carbonyl (C=O) groups is 1. The second-order valence-corrected chi connectivity index (χ2v) is 6.74. The van der Waals surface area contributed by atoms with E-state index in [9.17, 15) is 13.2 Å². The maximum absolute atomic E-state index is 10.6. The van der Waals surface area contributed by atoms with Gasteiger partial charge in [-0.25, -0.2) is 4.79 Å². The maximum atomic E-state index is 10.6. The Morgan fingerprint density at radius 3 is 2.19 bits per heavy atom. The third-order valence-electron chi connectivity index (χ3n) is 4.32. The molecule has 7 nitrogen and oxygen atoms in total. The van der Waals surface area contributed by atoms with Gasteiger partial charge in [0.1, 0.15) is 29.5 Å². The van der Waals surface area contributed by atoms with E-state index in [4.69, 9.17) is 28.8 Å². The van der Waals surface area contributed by atoms with Crippen LogP contribution in [-0.4, -0.2) is 62.9 Å². The molecule has 1 heterocycles. The molecular formula is C22H26F3NO6. The number of piperidine rings is 1. The number of rotatable bonds is 8. The van der Waals surface area contributed by atoms with E-state index < -0.39 is 12.1 Å². The minimum Gasteiger partial charge on any atom is -0.488 e. The molecule has 0 amide bonds. The van der Waals surface area contributed by atoms with E-state index in [-0.39, 0.29) is 12.2 Å². The van der Waals surface area contributed by atoms with Crippen LogP contribution in [0.15, 0.2) is 54.6 Å². The number of nitrogens with one attached hydrogen (secondary N) is 1. The summed E-state index contributed by atoms with van der Waals surface area (Å²) in [7, 11) is 1.68. The number of halogens is 3. The molecule has 0 spiro atoms. The molecular weight excluding hydrogens is 431 g/mol. The van der Waals surface area contributed by atoms with Gasteiger partial charge in [0, 0.05) is 13.7 Å². The van der Waals surface area contributed by atoms with Crippen LogP contribution in [0.5, 0.6) is 17.2 Å². The fraction of sp³-hybridized carbons (Fsp3) is 0.409. The first-order chi connectivity index (χ1) is 15.3. The Morgan fingerprint density at radius 1 is 1.00 bits per heavy atom. The lowest BCUT2D eigenvalue weighted by atomic mass is 10.1. The molecule has 2 aromatic rings. The molecule has 1 fully saturated rings. The van der Waals surface area contributed by atoms with Crippen molar-refractivity contribution >= 4 is 5.97 Å². The Morgan fingerprint density at radius 2 is 1.59 bits per heavy atom. The van der Waals surface area contributed by atoms with Crippen molar-refractivity contribution in [2.75, 3.05) is 33.4 Å². The first-order valence-corrected chi connectivity index (χ1v) is 9.90. The van der Waals surface area contributed by atoms with Crippen molar-refractivity contribution in [2.24, 2.45) is 0 Å². The zero-order chi connectivity index (χ0) is 23.4. The summed E-state index contributed by atoms with van der Waals surface area (Å²) in [5.74, 6) is -0.321. The van der Waals surface area contributed by atoms with Crippen LogP contribution >= 0.6 is 0 Å². The van der Waals surface area contributed by atoms with Gasteiger partial charge in [-0.1, -0.05) is 18.2 Å². The highest BCUT2D eigenvalue weighted by Crippen LogP contribution is 2.25. The van der Waals surface area contributed by atoms with Crippen LogP contribution in [0.25, 0.3) is 0 Å². The molecule has 1 saturated heterocycles. The molecule has 0 radical (unpaired) electrons. The molecule has 2 aromatic carbocycles. The van der Waals surface area contributed by atoms with Gasteiger partial charge in [-0.3, -0.25) is 0 Å². The average Bonchev–Trinajstić information content (AvgIpc) is 2.77. The minimum atomic E-state index is -5.08. The molecule has 3 rings (SSSR count). The lowest BCUT2D eigenvalue weighted by Crippen LogP contribution is -2.48. The lowest BCUT2D eigenvalue weighted by molar-refractivity contribution is -0.192. The fourth-order valence-corrected chi connectivity index (χ4v) is 2.78. The minimum absolute atomic E-state index is 0.0316. The van der Waals surface area contributed by atoms with Crippen LogP contribution < -0.4 is 14.8 Å². The standard InChI is InChI=1S/C20H25NO4.C2HF3O2/c1-22-13-14-23-20-15-21-12-11-19(20)25-18-9-7-17(8-10-18)24-16-5-3-2-4-6-16;3-2(4,5)1(6)7/h2-10,19-21H,11-15H2,1H3;(H,6,7)/t19-,20-;/m1./s1. The number of hydrogen-bond donors (Lipinski definition) is 2. The average molecular weight is 457 g/mol. The van der Waals surface area contributed by atoms with Gasteiger partial charge in [0.2, 0.25) is 0 Å². The second-order valence-electron chi connectivity index (χ2n) is 6.74. The zero-order valence-electron chi connectivity index (χ0n) is 17.5. The predicted molar refractivity (Wildman–Crippen MR) is 110 cm³/mol. The molecule has 0 unspecified atom stereocenters. The van der Waals surface area contributed by atoms with Crippen LogP contribution in [0.1, 0.15) is 6.42 Å². The smallest absolute Gasteiger partial charge is 0.488 e. The second kappa shape index (κ2) is 12.9.